The third kappa shape index (κ3) is 5.85. The Morgan fingerprint density at radius 2 is 1.83 bits per heavy atom. The summed E-state index contributed by atoms with van der Waals surface area (Å²) in [5.74, 6) is 0.496. The number of rotatable bonds is 1. The molecular weight excluding hydrogens is 591 g/mol. The molecule has 2 aliphatic carbocycles. The minimum absolute atomic E-state index is 0. The second kappa shape index (κ2) is 11.7. The normalized spacial score (nSPS) is 16.3. The summed E-state index contributed by atoms with van der Waals surface area (Å²) in [6.07, 6.45) is 12.0. The predicted octanol–water partition coefficient (Wildman–Crippen LogP) is -0.528. The van der Waals surface area contributed by atoms with Crippen molar-refractivity contribution in [1.82, 2.24) is 0 Å². The Balaban J connectivity index is 0.000000393. The van der Waals surface area contributed by atoms with Crippen molar-refractivity contribution in [2.24, 2.45) is 0 Å². The molecule has 4 rings (SSSR count). The zero-order valence-corrected chi connectivity index (χ0v) is 21.2. The SMILES string of the molecule is CC1[C-]=Cc2ccccc21.CCc1cc2c([cH-]1)CCCC2.[Br-].[Br-].[Hf+4]. The van der Waals surface area contributed by atoms with Crippen LogP contribution < -0.4 is 34.0 Å². The van der Waals surface area contributed by atoms with Crippen LogP contribution in [-0.2, 0) is 45.1 Å². The molecule has 0 spiro atoms. The van der Waals surface area contributed by atoms with E-state index in [1.807, 2.05) is 0 Å². The van der Waals surface area contributed by atoms with Gasteiger partial charge in [-0.15, -0.1) is 11.6 Å². The molecular formula is C21H24Br2Hf. The minimum Gasteiger partial charge on any atom is -1.00 e. The van der Waals surface area contributed by atoms with Crippen LogP contribution in [0.4, 0.5) is 0 Å². The van der Waals surface area contributed by atoms with Gasteiger partial charge in [-0.05, 0) is 0 Å². The second-order valence-electron chi connectivity index (χ2n) is 6.14. The quantitative estimate of drug-likeness (QED) is 0.300. The Hall–Kier alpha value is 0.140. The number of allylic oxidation sites excluding steroid dienone is 1. The summed E-state index contributed by atoms with van der Waals surface area (Å²) >= 11 is 0. The average Bonchev–Trinajstić information content (AvgIpc) is 3.12. The fourth-order valence-electron chi connectivity index (χ4n) is 3.32. The van der Waals surface area contributed by atoms with Gasteiger partial charge in [0.05, 0.1) is 0 Å². The molecule has 0 saturated carbocycles. The topological polar surface area (TPSA) is 0 Å². The van der Waals surface area contributed by atoms with Crippen LogP contribution in [0, 0.1) is 6.08 Å². The molecule has 1 atom stereocenters. The van der Waals surface area contributed by atoms with Gasteiger partial charge in [-0.25, -0.2) is 12.1 Å². The molecule has 0 aromatic heterocycles. The van der Waals surface area contributed by atoms with Crippen LogP contribution in [0.1, 0.15) is 60.4 Å². The summed E-state index contributed by atoms with van der Waals surface area (Å²) in [5, 5.41) is 0. The maximum absolute atomic E-state index is 3.26. The maximum Gasteiger partial charge on any atom is 4.00 e. The van der Waals surface area contributed by atoms with Crippen LogP contribution >= 0.6 is 0 Å². The van der Waals surface area contributed by atoms with Gasteiger partial charge >= 0.3 is 25.8 Å². The monoisotopic (exact) mass is 614 g/mol. The number of aryl methyl sites for hydroxylation is 3. The summed E-state index contributed by atoms with van der Waals surface area (Å²) in [5.41, 5.74) is 7.54. The molecule has 0 radical (unpaired) electrons. The Labute approximate surface area is 186 Å². The predicted molar refractivity (Wildman–Crippen MR) is 90.6 cm³/mol. The average molecular weight is 615 g/mol. The van der Waals surface area contributed by atoms with Gasteiger partial charge in [-0.3, -0.25) is 6.08 Å². The summed E-state index contributed by atoms with van der Waals surface area (Å²) in [7, 11) is 0. The van der Waals surface area contributed by atoms with Crippen LogP contribution in [0.25, 0.3) is 6.08 Å². The van der Waals surface area contributed by atoms with Crippen molar-refractivity contribution in [2.75, 3.05) is 0 Å². The number of fused-ring (bicyclic) bond motifs is 2. The van der Waals surface area contributed by atoms with Crippen molar-refractivity contribution in [1.29, 1.82) is 0 Å². The van der Waals surface area contributed by atoms with Crippen LogP contribution in [0.15, 0.2) is 36.4 Å². The molecule has 0 bridgehead atoms. The molecule has 0 amide bonds. The molecule has 2 aromatic carbocycles. The van der Waals surface area contributed by atoms with Crippen molar-refractivity contribution in [3.63, 3.8) is 0 Å². The fourth-order valence-corrected chi connectivity index (χ4v) is 3.32. The number of hydrogen-bond donors (Lipinski definition) is 0. The van der Waals surface area contributed by atoms with E-state index >= 15 is 0 Å². The van der Waals surface area contributed by atoms with Crippen LogP contribution in [0.2, 0.25) is 0 Å². The molecule has 126 valence electrons. The molecule has 1 unspecified atom stereocenters. The third-order valence-electron chi connectivity index (χ3n) is 4.63. The summed E-state index contributed by atoms with van der Waals surface area (Å²) in [6.45, 7) is 4.41. The van der Waals surface area contributed by atoms with Gasteiger partial charge in [0.2, 0.25) is 0 Å². The van der Waals surface area contributed by atoms with E-state index in [1.165, 1.54) is 48.8 Å². The van der Waals surface area contributed by atoms with Gasteiger partial charge in [0.15, 0.2) is 0 Å². The van der Waals surface area contributed by atoms with Gasteiger partial charge in [0, 0.05) is 0 Å². The fraction of sp³-hybridized carbons (Fsp3) is 0.381. The zero-order valence-electron chi connectivity index (χ0n) is 14.4. The Morgan fingerprint density at radius 3 is 2.50 bits per heavy atom. The molecule has 0 heterocycles. The molecule has 0 aliphatic heterocycles. The van der Waals surface area contributed by atoms with E-state index in [1.54, 1.807) is 11.1 Å². The molecule has 24 heavy (non-hydrogen) atoms. The van der Waals surface area contributed by atoms with Gasteiger partial charge in [-0.2, -0.15) is 28.3 Å². The van der Waals surface area contributed by atoms with Gasteiger partial charge in [0.25, 0.3) is 0 Å². The molecule has 0 nitrogen and oxygen atoms in total. The molecule has 2 aromatic rings. The first-order chi connectivity index (χ1) is 10.3. The van der Waals surface area contributed by atoms with Crippen molar-refractivity contribution in [2.45, 2.75) is 51.9 Å². The molecule has 2 aliphatic rings. The zero-order chi connectivity index (χ0) is 14.7. The van der Waals surface area contributed by atoms with Crippen LogP contribution in [0.3, 0.4) is 0 Å². The van der Waals surface area contributed by atoms with Gasteiger partial charge in [-0.1, -0.05) is 70.1 Å². The van der Waals surface area contributed by atoms with Gasteiger partial charge < -0.3 is 34.0 Å². The number of hydrogen-bond acceptors (Lipinski definition) is 0. The Bertz CT molecular complexity index is 620. The first-order valence-corrected chi connectivity index (χ1v) is 8.23. The maximum atomic E-state index is 3.26. The van der Waals surface area contributed by atoms with E-state index in [0.29, 0.717) is 5.92 Å². The second-order valence-corrected chi connectivity index (χ2v) is 6.14. The smallest absolute Gasteiger partial charge is 1.00 e. The molecule has 3 heteroatoms. The van der Waals surface area contributed by atoms with E-state index in [-0.39, 0.29) is 59.8 Å². The first-order valence-electron chi connectivity index (χ1n) is 8.23. The van der Waals surface area contributed by atoms with Crippen LogP contribution in [-0.4, -0.2) is 0 Å². The summed E-state index contributed by atoms with van der Waals surface area (Å²) in [6, 6.07) is 13.2. The Morgan fingerprint density at radius 1 is 1.12 bits per heavy atom. The number of benzene rings is 1. The van der Waals surface area contributed by atoms with Gasteiger partial charge in [0.1, 0.15) is 0 Å². The van der Waals surface area contributed by atoms with Crippen molar-refractivity contribution in [3.8, 4) is 0 Å². The van der Waals surface area contributed by atoms with E-state index in [0.717, 1.165) is 0 Å². The van der Waals surface area contributed by atoms with Crippen molar-refractivity contribution >= 4 is 6.08 Å². The van der Waals surface area contributed by atoms with Crippen molar-refractivity contribution in [3.05, 3.63) is 70.3 Å². The summed E-state index contributed by atoms with van der Waals surface area (Å²) in [4.78, 5) is 0. The van der Waals surface area contributed by atoms with E-state index in [9.17, 15) is 0 Å². The molecule has 0 N–H and O–H groups in total. The van der Waals surface area contributed by atoms with Crippen LogP contribution in [0.5, 0.6) is 0 Å². The van der Waals surface area contributed by atoms with E-state index in [4.69, 9.17) is 0 Å². The summed E-state index contributed by atoms with van der Waals surface area (Å²) < 4.78 is 0. The minimum atomic E-state index is 0. The largest absolute Gasteiger partial charge is 4.00 e. The Kier molecular flexibility index (Phi) is 11.8. The van der Waals surface area contributed by atoms with E-state index in [2.05, 4.69) is 62.4 Å². The third-order valence-corrected chi connectivity index (χ3v) is 4.63. The number of halogens is 2. The standard InChI is InChI=1S/C11H15.C10H9.2BrH.Hf/c1-2-9-7-10-5-3-4-6-11(10)8-9;1-8-6-7-9-4-2-3-5-10(8)9;;;/h7-8H,2-6H2,1H3;2-5,7-8H,1H3;2*1H;/q2*-1;;;+4/p-2. The van der Waals surface area contributed by atoms with Crippen molar-refractivity contribution < 1.29 is 59.8 Å². The first kappa shape index (κ1) is 24.1. The molecule has 0 fully saturated rings. The van der Waals surface area contributed by atoms with E-state index < -0.39 is 0 Å². The molecule has 0 saturated heterocycles.